The lowest BCUT2D eigenvalue weighted by atomic mass is 10.1. The molecule has 0 aliphatic heterocycles. The van der Waals surface area contributed by atoms with Gasteiger partial charge in [0.1, 0.15) is 6.29 Å². The van der Waals surface area contributed by atoms with E-state index in [1.54, 1.807) is 12.5 Å². The Kier molecular flexibility index (Phi) is 23.6. The molecule has 158 valence electrons. The van der Waals surface area contributed by atoms with Gasteiger partial charge in [0.15, 0.2) is 0 Å². The zero-order valence-electron chi connectivity index (χ0n) is 17.8. The molecule has 0 atom stereocenters. The van der Waals surface area contributed by atoms with Crippen LogP contribution in [0.1, 0.15) is 116 Å². The van der Waals surface area contributed by atoms with E-state index in [2.05, 4.69) is 19.1 Å². The predicted molar refractivity (Wildman–Crippen MR) is 116 cm³/mol. The Hall–Kier alpha value is -1.25. The molecule has 3 heteroatoms. The number of ether oxygens (including phenoxy) is 2. The molecular formula is C24H44O3. The first kappa shape index (κ1) is 25.8. The van der Waals surface area contributed by atoms with Gasteiger partial charge in [0.25, 0.3) is 0 Å². The largest absolute Gasteiger partial charge is 0.465 e. The van der Waals surface area contributed by atoms with Gasteiger partial charge in [0.05, 0.1) is 12.5 Å². The second kappa shape index (κ2) is 24.8. The molecule has 0 aliphatic rings. The SMILES string of the molecule is CCCCCCCC=COCOC=CCCCCCCCCCCCC=O. The number of carbonyl (C=O) groups excluding carboxylic acids is 1. The van der Waals surface area contributed by atoms with E-state index >= 15 is 0 Å². The fourth-order valence-corrected chi connectivity index (χ4v) is 2.98. The number of aldehydes is 1. The van der Waals surface area contributed by atoms with E-state index in [4.69, 9.17) is 9.47 Å². The van der Waals surface area contributed by atoms with Gasteiger partial charge in [-0.1, -0.05) is 77.6 Å². The fraction of sp³-hybridized carbons (Fsp3) is 0.792. The highest BCUT2D eigenvalue weighted by Gasteiger charge is 1.92. The molecule has 0 aromatic rings. The molecule has 0 N–H and O–H groups in total. The highest BCUT2D eigenvalue weighted by Crippen LogP contribution is 2.11. The Balaban J connectivity index is 3.13. The maximum atomic E-state index is 10.2. The molecule has 0 radical (unpaired) electrons. The number of carbonyl (C=O) groups is 1. The normalized spacial score (nSPS) is 11.4. The summed E-state index contributed by atoms with van der Waals surface area (Å²) >= 11 is 0. The zero-order chi connectivity index (χ0) is 19.7. The van der Waals surface area contributed by atoms with Crippen LogP contribution in [0.5, 0.6) is 0 Å². The van der Waals surface area contributed by atoms with Gasteiger partial charge >= 0.3 is 0 Å². The van der Waals surface area contributed by atoms with E-state index in [0.717, 1.165) is 32.0 Å². The lowest BCUT2D eigenvalue weighted by molar-refractivity contribution is -0.107. The Morgan fingerprint density at radius 2 is 0.963 bits per heavy atom. The van der Waals surface area contributed by atoms with Crippen LogP contribution >= 0.6 is 0 Å². The quantitative estimate of drug-likeness (QED) is 0.0830. The maximum Gasteiger partial charge on any atom is 0.229 e. The molecule has 0 spiro atoms. The van der Waals surface area contributed by atoms with Crippen LogP contribution in [0.15, 0.2) is 24.7 Å². The summed E-state index contributed by atoms with van der Waals surface area (Å²) in [7, 11) is 0. The lowest BCUT2D eigenvalue weighted by Gasteiger charge is -2.01. The van der Waals surface area contributed by atoms with Crippen molar-refractivity contribution in [3.63, 3.8) is 0 Å². The second-order valence-electron chi connectivity index (χ2n) is 7.32. The second-order valence-corrected chi connectivity index (χ2v) is 7.32. The molecule has 0 rings (SSSR count). The molecule has 0 aromatic heterocycles. The van der Waals surface area contributed by atoms with E-state index in [1.807, 2.05) is 0 Å². The van der Waals surface area contributed by atoms with E-state index in [1.165, 1.54) is 83.5 Å². The first-order valence-electron chi connectivity index (χ1n) is 11.4. The third kappa shape index (κ3) is 24.8. The van der Waals surface area contributed by atoms with Crippen LogP contribution in [0.25, 0.3) is 0 Å². The van der Waals surface area contributed by atoms with Crippen LogP contribution in [0.2, 0.25) is 0 Å². The summed E-state index contributed by atoms with van der Waals surface area (Å²) in [5.74, 6) is 0. The van der Waals surface area contributed by atoms with E-state index in [9.17, 15) is 4.79 Å². The van der Waals surface area contributed by atoms with Crippen molar-refractivity contribution in [3.8, 4) is 0 Å². The Labute approximate surface area is 168 Å². The number of allylic oxidation sites excluding steroid dienone is 2. The standard InChI is InChI=1S/C24H44O3/c1-2-3-4-5-13-16-19-22-26-24-27-23-20-17-14-11-9-7-6-8-10-12-15-18-21-25/h19-23H,2-18,24H2,1H3. The van der Waals surface area contributed by atoms with Crippen LogP contribution in [0.4, 0.5) is 0 Å². The minimum absolute atomic E-state index is 0.301. The molecular weight excluding hydrogens is 336 g/mol. The van der Waals surface area contributed by atoms with Crippen molar-refractivity contribution >= 4 is 6.29 Å². The van der Waals surface area contributed by atoms with Gasteiger partial charge in [-0.2, -0.15) is 0 Å². The average molecular weight is 381 g/mol. The Morgan fingerprint density at radius 3 is 1.41 bits per heavy atom. The van der Waals surface area contributed by atoms with Gasteiger partial charge in [0, 0.05) is 6.42 Å². The molecule has 0 aliphatic carbocycles. The predicted octanol–water partition coefficient (Wildman–Crippen LogP) is 7.86. The summed E-state index contributed by atoms with van der Waals surface area (Å²) in [6.45, 7) is 2.54. The number of unbranched alkanes of at least 4 members (excludes halogenated alkanes) is 15. The van der Waals surface area contributed by atoms with Crippen LogP contribution in [-0.2, 0) is 14.3 Å². The van der Waals surface area contributed by atoms with Crippen molar-refractivity contribution in [1.29, 1.82) is 0 Å². The van der Waals surface area contributed by atoms with Crippen LogP contribution in [0, 0.1) is 0 Å². The van der Waals surface area contributed by atoms with Gasteiger partial charge in [-0.25, -0.2) is 0 Å². The minimum Gasteiger partial charge on any atom is -0.465 e. The van der Waals surface area contributed by atoms with Gasteiger partial charge < -0.3 is 14.3 Å². The van der Waals surface area contributed by atoms with Crippen molar-refractivity contribution in [2.45, 2.75) is 116 Å². The molecule has 0 fully saturated rings. The summed E-state index contributed by atoms with van der Waals surface area (Å²) in [5.41, 5.74) is 0. The molecule has 3 nitrogen and oxygen atoms in total. The van der Waals surface area contributed by atoms with Crippen LogP contribution in [0.3, 0.4) is 0 Å². The minimum atomic E-state index is 0.301. The molecule has 0 saturated carbocycles. The third-order valence-electron chi connectivity index (χ3n) is 4.69. The zero-order valence-corrected chi connectivity index (χ0v) is 17.8. The Bertz CT molecular complexity index is 337. The van der Waals surface area contributed by atoms with Gasteiger partial charge in [-0.15, -0.1) is 0 Å². The summed E-state index contributed by atoms with van der Waals surface area (Å²) in [6, 6.07) is 0. The van der Waals surface area contributed by atoms with Crippen LogP contribution < -0.4 is 0 Å². The van der Waals surface area contributed by atoms with Crippen LogP contribution in [-0.4, -0.2) is 13.1 Å². The van der Waals surface area contributed by atoms with Crippen molar-refractivity contribution in [2.24, 2.45) is 0 Å². The molecule has 0 heterocycles. The lowest BCUT2D eigenvalue weighted by Crippen LogP contribution is -1.88. The first-order chi connectivity index (χ1) is 13.4. The summed E-state index contributed by atoms with van der Waals surface area (Å²) in [5, 5.41) is 0. The van der Waals surface area contributed by atoms with Crippen molar-refractivity contribution < 1.29 is 14.3 Å². The molecule has 0 amide bonds. The molecule has 0 unspecified atom stereocenters. The summed E-state index contributed by atoms with van der Waals surface area (Å²) in [4.78, 5) is 10.2. The average Bonchev–Trinajstić information content (AvgIpc) is 2.68. The van der Waals surface area contributed by atoms with Gasteiger partial charge in [0.2, 0.25) is 6.79 Å². The number of rotatable bonds is 22. The highest BCUT2D eigenvalue weighted by molar-refractivity contribution is 5.48. The monoisotopic (exact) mass is 380 g/mol. The third-order valence-corrected chi connectivity index (χ3v) is 4.69. The van der Waals surface area contributed by atoms with Gasteiger partial charge in [-0.3, -0.25) is 0 Å². The maximum absolute atomic E-state index is 10.2. The fourth-order valence-electron chi connectivity index (χ4n) is 2.98. The van der Waals surface area contributed by atoms with E-state index < -0.39 is 0 Å². The molecule has 0 aromatic carbocycles. The Morgan fingerprint density at radius 1 is 0.556 bits per heavy atom. The van der Waals surface area contributed by atoms with Crippen molar-refractivity contribution in [3.05, 3.63) is 24.7 Å². The number of hydrogen-bond acceptors (Lipinski definition) is 3. The molecule has 0 saturated heterocycles. The summed E-state index contributed by atoms with van der Waals surface area (Å²) in [6.07, 6.45) is 29.6. The number of hydrogen-bond donors (Lipinski definition) is 0. The first-order valence-corrected chi connectivity index (χ1v) is 11.4. The highest BCUT2D eigenvalue weighted by atomic mass is 16.7. The molecule has 27 heavy (non-hydrogen) atoms. The van der Waals surface area contributed by atoms with E-state index in [-0.39, 0.29) is 0 Å². The smallest absolute Gasteiger partial charge is 0.229 e. The van der Waals surface area contributed by atoms with E-state index in [0.29, 0.717) is 6.79 Å². The molecule has 0 bridgehead atoms. The topological polar surface area (TPSA) is 35.5 Å². The van der Waals surface area contributed by atoms with Crippen molar-refractivity contribution in [1.82, 2.24) is 0 Å². The summed E-state index contributed by atoms with van der Waals surface area (Å²) < 4.78 is 10.6. The van der Waals surface area contributed by atoms with Crippen molar-refractivity contribution in [2.75, 3.05) is 6.79 Å². The van der Waals surface area contributed by atoms with Gasteiger partial charge in [-0.05, 0) is 44.3 Å².